The first-order chi connectivity index (χ1) is 27.7. The molecule has 0 radical (unpaired) electrons. The van der Waals surface area contributed by atoms with E-state index in [-0.39, 0.29) is 0 Å². The van der Waals surface area contributed by atoms with Crippen molar-refractivity contribution >= 4 is 76.5 Å². The normalized spacial score (nSPS) is 11.9. The maximum absolute atomic E-state index is 6.81. The minimum atomic E-state index is 0.813. The number of aromatic nitrogens is 2. The highest BCUT2D eigenvalue weighted by atomic mass is 16.3. The van der Waals surface area contributed by atoms with Gasteiger partial charge in [0, 0.05) is 38.1 Å². The van der Waals surface area contributed by atoms with Gasteiger partial charge in [-0.25, -0.2) is 4.98 Å². The average molecular weight is 715 g/mol. The molecule has 0 aliphatic carbocycles. The summed E-state index contributed by atoms with van der Waals surface area (Å²) in [5, 5.41) is 8.69. The van der Waals surface area contributed by atoms with Gasteiger partial charge < -0.3 is 8.83 Å². The summed E-state index contributed by atoms with van der Waals surface area (Å²) < 4.78 is 13.0. The number of benzene rings is 9. The molecule has 56 heavy (non-hydrogen) atoms. The van der Waals surface area contributed by atoms with E-state index >= 15 is 0 Å². The van der Waals surface area contributed by atoms with E-state index in [2.05, 4.69) is 158 Å². The second kappa shape index (κ2) is 12.0. The van der Waals surface area contributed by atoms with Crippen molar-refractivity contribution < 1.29 is 8.83 Å². The van der Waals surface area contributed by atoms with Crippen molar-refractivity contribution in [3.8, 4) is 44.6 Å². The van der Waals surface area contributed by atoms with Gasteiger partial charge in [0.2, 0.25) is 0 Å². The summed E-state index contributed by atoms with van der Waals surface area (Å²) in [5.41, 5.74) is 13.6. The molecule has 0 saturated heterocycles. The summed E-state index contributed by atoms with van der Waals surface area (Å²) in [6.07, 6.45) is 1.92. The molecule has 0 spiro atoms. The highest BCUT2D eigenvalue weighted by molar-refractivity contribution is 6.25. The molecule has 0 bridgehead atoms. The minimum absolute atomic E-state index is 0.813. The molecule has 4 heteroatoms. The van der Waals surface area contributed by atoms with E-state index in [0.717, 1.165) is 110 Å². The highest BCUT2D eigenvalue weighted by Crippen LogP contribution is 2.43. The number of para-hydroxylation sites is 2. The summed E-state index contributed by atoms with van der Waals surface area (Å²) in [6, 6.07) is 61.7. The van der Waals surface area contributed by atoms with Crippen molar-refractivity contribution in [2.45, 2.75) is 0 Å². The Morgan fingerprint density at radius 1 is 0.339 bits per heavy atom. The molecular formula is C52H30N2O2. The van der Waals surface area contributed by atoms with Gasteiger partial charge in [-0.1, -0.05) is 140 Å². The van der Waals surface area contributed by atoms with Crippen LogP contribution in [0.25, 0.3) is 121 Å². The van der Waals surface area contributed by atoms with Crippen molar-refractivity contribution in [2.24, 2.45) is 0 Å². The highest BCUT2D eigenvalue weighted by Gasteiger charge is 2.19. The van der Waals surface area contributed by atoms with Crippen LogP contribution in [0.4, 0.5) is 0 Å². The van der Waals surface area contributed by atoms with Crippen LogP contribution in [0, 0.1) is 0 Å². The maximum Gasteiger partial charge on any atom is 0.147 e. The van der Waals surface area contributed by atoms with Crippen molar-refractivity contribution in [1.29, 1.82) is 0 Å². The van der Waals surface area contributed by atoms with Gasteiger partial charge in [-0.2, -0.15) is 0 Å². The van der Waals surface area contributed by atoms with Crippen LogP contribution in [-0.2, 0) is 0 Å². The van der Waals surface area contributed by atoms with Crippen molar-refractivity contribution in [2.75, 3.05) is 0 Å². The predicted octanol–water partition coefficient (Wildman–Crippen LogP) is 14.4. The predicted molar refractivity (Wildman–Crippen MR) is 231 cm³/mol. The van der Waals surface area contributed by atoms with E-state index in [4.69, 9.17) is 18.8 Å². The lowest BCUT2D eigenvalue weighted by atomic mass is 9.93. The number of hydrogen-bond acceptors (Lipinski definition) is 4. The quantitative estimate of drug-likeness (QED) is 0.170. The molecular weight excluding hydrogens is 685 g/mol. The summed E-state index contributed by atoms with van der Waals surface area (Å²) in [4.78, 5) is 10.7. The fourth-order valence-electron chi connectivity index (χ4n) is 8.62. The first-order valence-electron chi connectivity index (χ1n) is 18.9. The van der Waals surface area contributed by atoms with Crippen molar-refractivity contribution in [1.82, 2.24) is 9.97 Å². The first-order valence-corrected chi connectivity index (χ1v) is 18.9. The molecule has 0 atom stereocenters. The zero-order valence-electron chi connectivity index (χ0n) is 30.0. The lowest BCUT2D eigenvalue weighted by Gasteiger charge is -2.14. The van der Waals surface area contributed by atoms with E-state index in [9.17, 15) is 0 Å². The Labute approximate surface area is 320 Å². The van der Waals surface area contributed by atoms with Gasteiger partial charge in [0.05, 0.1) is 28.3 Å². The number of hydrogen-bond donors (Lipinski definition) is 0. The Kier molecular flexibility index (Phi) is 6.60. The second-order valence-electron chi connectivity index (χ2n) is 14.5. The van der Waals surface area contributed by atoms with E-state index < -0.39 is 0 Å². The van der Waals surface area contributed by atoms with Crippen molar-refractivity contribution in [3.05, 3.63) is 182 Å². The van der Waals surface area contributed by atoms with Crippen LogP contribution < -0.4 is 0 Å². The molecule has 0 amide bonds. The van der Waals surface area contributed by atoms with E-state index in [0.29, 0.717) is 0 Å². The van der Waals surface area contributed by atoms with Gasteiger partial charge >= 0.3 is 0 Å². The molecule has 0 fully saturated rings. The Hall–Kier alpha value is -7.56. The van der Waals surface area contributed by atoms with Crippen molar-refractivity contribution in [3.63, 3.8) is 0 Å². The van der Waals surface area contributed by atoms with Crippen LogP contribution in [0.2, 0.25) is 0 Å². The zero-order valence-corrected chi connectivity index (χ0v) is 30.0. The molecule has 0 unspecified atom stereocenters. The van der Waals surface area contributed by atoms with Crippen LogP contribution in [0.1, 0.15) is 0 Å². The summed E-state index contributed by atoms with van der Waals surface area (Å²) in [6.45, 7) is 0. The maximum atomic E-state index is 6.81. The number of nitrogens with zero attached hydrogens (tertiary/aromatic N) is 2. The van der Waals surface area contributed by atoms with Gasteiger partial charge in [-0.15, -0.1) is 0 Å². The lowest BCUT2D eigenvalue weighted by molar-refractivity contribution is 0.663. The fraction of sp³-hybridized carbons (Fsp3) is 0. The van der Waals surface area contributed by atoms with E-state index in [1.165, 1.54) is 11.1 Å². The lowest BCUT2D eigenvalue weighted by Crippen LogP contribution is -1.93. The van der Waals surface area contributed by atoms with E-state index in [1.807, 2.05) is 24.4 Å². The molecule has 0 aliphatic heterocycles. The summed E-state index contributed by atoms with van der Waals surface area (Å²) in [5.74, 6) is 0. The van der Waals surface area contributed by atoms with Gasteiger partial charge in [-0.05, 0) is 75.0 Å². The third kappa shape index (κ3) is 4.66. The molecule has 0 aliphatic rings. The molecule has 3 heterocycles. The SMILES string of the molecule is c1ccc(-c2ccc3c4ccc(-c5ccccc5)cc4c4nc(-c5cccc(-c6cccc7c6oc6c7ccc7oc8ccccc8c76)c5)cnc4c3c2)cc1. The minimum Gasteiger partial charge on any atom is -0.456 e. The monoisotopic (exact) mass is 714 g/mol. The Morgan fingerprint density at radius 2 is 0.946 bits per heavy atom. The Balaban J connectivity index is 1.05. The Morgan fingerprint density at radius 3 is 1.71 bits per heavy atom. The fourth-order valence-corrected chi connectivity index (χ4v) is 8.62. The molecule has 0 saturated carbocycles. The number of furan rings is 2. The van der Waals surface area contributed by atoms with Crippen LogP contribution in [0.15, 0.2) is 191 Å². The summed E-state index contributed by atoms with van der Waals surface area (Å²) in [7, 11) is 0. The zero-order chi connectivity index (χ0) is 36.7. The molecule has 3 aromatic heterocycles. The third-order valence-electron chi connectivity index (χ3n) is 11.3. The largest absolute Gasteiger partial charge is 0.456 e. The molecule has 0 N–H and O–H groups in total. The topological polar surface area (TPSA) is 52.1 Å². The Bertz CT molecular complexity index is 3530. The number of rotatable bonds is 4. The molecule has 4 nitrogen and oxygen atoms in total. The van der Waals surface area contributed by atoms with Crippen LogP contribution in [0.5, 0.6) is 0 Å². The van der Waals surface area contributed by atoms with Gasteiger partial charge in [0.25, 0.3) is 0 Å². The van der Waals surface area contributed by atoms with Crippen LogP contribution >= 0.6 is 0 Å². The standard InChI is InChI=1S/C52H30N2O2/c1-3-11-31(12-4-1)33-21-23-38-39-24-22-34(32-13-5-2-6-14-32)29-44(39)50-49(43(38)28-33)53-30-45(54-50)36-16-9-15-35(27-36)37-18-10-19-40-41-25-26-47-48(52(41)56-51(37)40)42-17-7-8-20-46(42)55-47/h1-30H. The molecule has 260 valence electrons. The van der Waals surface area contributed by atoms with Gasteiger partial charge in [-0.3, -0.25) is 4.98 Å². The smallest absolute Gasteiger partial charge is 0.147 e. The molecule has 9 aromatic carbocycles. The van der Waals surface area contributed by atoms with Gasteiger partial charge in [0.1, 0.15) is 22.3 Å². The molecule has 12 rings (SSSR count). The average Bonchev–Trinajstić information content (AvgIpc) is 3.85. The number of fused-ring (bicyclic) bond motifs is 13. The second-order valence-corrected chi connectivity index (χ2v) is 14.5. The van der Waals surface area contributed by atoms with E-state index in [1.54, 1.807) is 0 Å². The van der Waals surface area contributed by atoms with Crippen LogP contribution in [-0.4, -0.2) is 9.97 Å². The summed E-state index contributed by atoms with van der Waals surface area (Å²) >= 11 is 0. The molecule has 12 aromatic rings. The van der Waals surface area contributed by atoms with Gasteiger partial charge in [0.15, 0.2) is 0 Å². The van der Waals surface area contributed by atoms with Crippen LogP contribution in [0.3, 0.4) is 0 Å². The first kappa shape index (κ1) is 30.9. The third-order valence-corrected chi connectivity index (χ3v) is 11.3.